The Kier molecular flexibility index (Phi) is 4.16. The van der Waals surface area contributed by atoms with Crippen LogP contribution in [0, 0.1) is 13.8 Å². The molecule has 0 saturated heterocycles. The Morgan fingerprint density at radius 2 is 2.00 bits per heavy atom. The summed E-state index contributed by atoms with van der Waals surface area (Å²) < 4.78 is 0. The van der Waals surface area contributed by atoms with Gasteiger partial charge in [-0.05, 0) is 31.9 Å². The summed E-state index contributed by atoms with van der Waals surface area (Å²) in [7, 11) is 0. The molecule has 1 aromatic rings. The molecule has 0 aliphatic carbocycles. The molecular formula is C12H18N2O. The van der Waals surface area contributed by atoms with Crippen LogP contribution in [0.4, 0.5) is 4.79 Å². The fourth-order valence-corrected chi connectivity index (χ4v) is 1.44. The molecule has 0 aliphatic rings. The van der Waals surface area contributed by atoms with Crippen LogP contribution < -0.4 is 10.6 Å². The highest BCUT2D eigenvalue weighted by atomic mass is 16.2. The molecule has 2 amide bonds. The molecule has 0 aromatic heterocycles. The molecule has 0 fully saturated rings. The van der Waals surface area contributed by atoms with E-state index >= 15 is 0 Å². The number of benzene rings is 1. The lowest BCUT2D eigenvalue weighted by Crippen LogP contribution is -2.34. The predicted octanol–water partition coefficient (Wildman–Crippen LogP) is 2.12. The zero-order chi connectivity index (χ0) is 11.3. The van der Waals surface area contributed by atoms with Crippen LogP contribution in [0.5, 0.6) is 0 Å². The molecule has 0 heterocycles. The van der Waals surface area contributed by atoms with Gasteiger partial charge in [-0.15, -0.1) is 0 Å². The van der Waals surface area contributed by atoms with Gasteiger partial charge in [-0.3, -0.25) is 0 Å². The Morgan fingerprint density at radius 3 is 2.60 bits per heavy atom. The van der Waals surface area contributed by atoms with E-state index in [1.54, 1.807) is 0 Å². The summed E-state index contributed by atoms with van der Waals surface area (Å²) in [4.78, 5) is 11.2. The lowest BCUT2D eigenvalue weighted by atomic mass is 10.1. The first-order valence-electron chi connectivity index (χ1n) is 5.21. The summed E-state index contributed by atoms with van der Waals surface area (Å²) in [6.07, 6.45) is 0. The van der Waals surface area contributed by atoms with Gasteiger partial charge in [-0.25, -0.2) is 4.79 Å². The molecule has 0 radical (unpaired) electrons. The second kappa shape index (κ2) is 5.39. The molecule has 0 bridgehead atoms. The minimum Gasteiger partial charge on any atom is -0.338 e. The topological polar surface area (TPSA) is 41.1 Å². The first-order valence-corrected chi connectivity index (χ1v) is 5.21. The Balaban J connectivity index is 2.54. The van der Waals surface area contributed by atoms with E-state index in [2.05, 4.69) is 42.7 Å². The number of hydrogen-bond donors (Lipinski definition) is 2. The largest absolute Gasteiger partial charge is 0.338 e. The van der Waals surface area contributed by atoms with Crippen LogP contribution in [-0.4, -0.2) is 12.6 Å². The molecule has 1 aromatic carbocycles. The standard InChI is InChI=1S/C12H18N2O/c1-4-13-12(15)14-8-11-6-5-9(2)7-10(11)3/h5-7H,4,8H2,1-3H3,(H2,13,14,15). The maximum absolute atomic E-state index is 11.2. The van der Waals surface area contributed by atoms with Gasteiger partial charge in [0.15, 0.2) is 0 Å². The van der Waals surface area contributed by atoms with Crippen molar-refractivity contribution < 1.29 is 4.79 Å². The maximum Gasteiger partial charge on any atom is 0.315 e. The van der Waals surface area contributed by atoms with Gasteiger partial charge >= 0.3 is 6.03 Å². The number of urea groups is 1. The number of hydrogen-bond acceptors (Lipinski definition) is 1. The van der Waals surface area contributed by atoms with Gasteiger partial charge in [0, 0.05) is 13.1 Å². The predicted molar refractivity (Wildman–Crippen MR) is 61.8 cm³/mol. The average Bonchev–Trinajstić information content (AvgIpc) is 2.17. The molecule has 0 saturated carbocycles. The van der Waals surface area contributed by atoms with E-state index in [9.17, 15) is 4.79 Å². The van der Waals surface area contributed by atoms with Crippen molar-refractivity contribution in [2.75, 3.05) is 6.54 Å². The lowest BCUT2D eigenvalue weighted by molar-refractivity contribution is 0.241. The van der Waals surface area contributed by atoms with Gasteiger partial charge < -0.3 is 10.6 Å². The molecule has 15 heavy (non-hydrogen) atoms. The summed E-state index contributed by atoms with van der Waals surface area (Å²) in [5.74, 6) is 0. The number of carbonyl (C=O) groups excluding carboxylic acids is 1. The van der Waals surface area contributed by atoms with E-state index in [4.69, 9.17) is 0 Å². The van der Waals surface area contributed by atoms with E-state index in [0.717, 1.165) is 5.56 Å². The maximum atomic E-state index is 11.2. The van der Waals surface area contributed by atoms with Gasteiger partial charge in [0.25, 0.3) is 0 Å². The highest BCUT2D eigenvalue weighted by Gasteiger charge is 2.01. The fourth-order valence-electron chi connectivity index (χ4n) is 1.44. The third kappa shape index (κ3) is 3.62. The summed E-state index contributed by atoms with van der Waals surface area (Å²) in [6, 6.07) is 6.12. The highest BCUT2D eigenvalue weighted by Crippen LogP contribution is 2.09. The quantitative estimate of drug-likeness (QED) is 0.781. The van der Waals surface area contributed by atoms with Crippen molar-refractivity contribution in [2.24, 2.45) is 0 Å². The van der Waals surface area contributed by atoms with Gasteiger partial charge in [-0.1, -0.05) is 23.8 Å². The third-order valence-electron chi connectivity index (χ3n) is 2.27. The zero-order valence-corrected chi connectivity index (χ0v) is 9.55. The van der Waals surface area contributed by atoms with Crippen LogP contribution in [0.25, 0.3) is 0 Å². The van der Waals surface area contributed by atoms with E-state index in [-0.39, 0.29) is 6.03 Å². The Hall–Kier alpha value is -1.51. The molecule has 2 N–H and O–H groups in total. The van der Waals surface area contributed by atoms with E-state index in [1.165, 1.54) is 11.1 Å². The van der Waals surface area contributed by atoms with Crippen molar-refractivity contribution in [2.45, 2.75) is 27.3 Å². The Bertz CT molecular complexity index is 347. The monoisotopic (exact) mass is 206 g/mol. The smallest absolute Gasteiger partial charge is 0.315 e. The number of amides is 2. The molecule has 3 nitrogen and oxygen atoms in total. The molecule has 0 aliphatic heterocycles. The van der Waals surface area contributed by atoms with Crippen molar-refractivity contribution in [1.82, 2.24) is 10.6 Å². The Labute approximate surface area is 90.9 Å². The number of aryl methyl sites for hydroxylation is 2. The minimum atomic E-state index is -0.113. The van der Waals surface area contributed by atoms with Crippen molar-refractivity contribution in [3.8, 4) is 0 Å². The van der Waals surface area contributed by atoms with Crippen molar-refractivity contribution in [3.63, 3.8) is 0 Å². The highest BCUT2D eigenvalue weighted by molar-refractivity contribution is 5.73. The van der Waals surface area contributed by atoms with Crippen molar-refractivity contribution in [3.05, 3.63) is 34.9 Å². The number of nitrogens with one attached hydrogen (secondary N) is 2. The normalized spacial score (nSPS) is 9.80. The summed E-state index contributed by atoms with van der Waals surface area (Å²) in [5.41, 5.74) is 3.62. The molecule has 1 rings (SSSR count). The lowest BCUT2D eigenvalue weighted by Gasteiger charge is -2.08. The number of carbonyl (C=O) groups is 1. The fraction of sp³-hybridized carbons (Fsp3) is 0.417. The third-order valence-corrected chi connectivity index (χ3v) is 2.27. The Morgan fingerprint density at radius 1 is 1.27 bits per heavy atom. The number of rotatable bonds is 3. The molecular weight excluding hydrogens is 188 g/mol. The van der Waals surface area contributed by atoms with Gasteiger partial charge in [0.05, 0.1) is 0 Å². The minimum absolute atomic E-state index is 0.113. The SMILES string of the molecule is CCNC(=O)NCc1ccc(C)cc1C. The second-order valence-electron chi connectivity index (χ2n) is 3.64. The van der Waals surface area contributed by atoms with Crippen LogP contribution in [0.1, 0.15) is 23.6 Å². The molecule has 0 spiro atoms. The molecule has 3 heteroatoms. The van der Waals surface area contributed by atoms with Crippen molar-refractivity contribution in [1.29, 1.82) is 0 Å². The molecule has 0 atom stereocenters. The van der Waals surface area contributed by atoms with Gasteiger partial charge in [-0.2, -0.15) is 0 Å². The average molecular weight is 206 g/mol. The van der Waals surface area contributed by atoms with Gasteiger partial charge in [0.2, 0.25) is 0 Å². The van der Waals surface area contributed by atoms with E-state index < -0.39 is 0 Å². The molecule has 82 valence electrons. The first-order chi connectivity index (χ1) is 7.13. The van der Waals surface area contributed by atoms with Crippen molar-refractivity contribution >= 4 is 6.03 Å². The van der Waals surface area contributed by atoms with Crippen LogP contribution in [0.15, 0.2) is 18.2 Å². The second-order valence-corrected chi connectivity index (χ2v) is 3.64. The van der Waals surface area contributed by atoms with Crippen LogP contribution >= 0.6 is 0 Å². The summed E-state index contributed by atoms with van der Waals surface area (Å²) >= 11 is 0. The molecule has 0 unspecified atom stereocenters. The van der Waals surface area contributed by atoms with Crippen LogP contribution in [0.2, 0.25) is 0 Å². The van der Waals surface area contributed by atoms with Gasteiger partial charge in [0.1, 0.15) is 0 Å². The van der Waals surface area contributed by atoms with E-state index in [1.807, 2.05) is 6.92 Å². The summed E-state index contributed by atoms with van der Waals surface area (Å²) in [6.45, 7) is 7.25. The van der Waals surface area contributed by atoms with Crippen LogP contribution in [0.3, 0.4) is 0 Å². The summed E-state index contributed by atoms with van der Waals surface area (Å²) in [5, 5.41) is 5.51. The van der Waals surface area contributed by atoms with Crippen LogP contribution in [-0.2, 0) is 6.54 Å². The zero-order valence-electron chi connectivity index (χ0n) is 9.55. The van der Waals surface area contributed by atoms with E-state index in [0.29, 0.717) is 13.1 Å². The first kappa shape index (κ1) is 11.6.